The van der Waals surface area contributed by atoms with Crippen LogP contribution in [0.2, 0.25) is 0 Å². The van der Waals surface area contributed by atoms with Gasteiger partial charge in [0, 0.05) is 20.4 Å². The van der Waals surface area contributed by atoms with Gasteiger partial charge < -0.3 is 0 Å². The van der Waals surface area contributed by atoms with E-state index in [0.717, 1.165) is 0 Å². The SMILES string of the molecule is Cl.O=S(=O)(O)O.[Pd]. The van der Waals surface area contributed by atoms with Gasteiger partial charge in [0.25, 0.3) is 0 Å². The summed E-state index contributed by atoms with van der Waals surface area (Å²) in [6.45, 7) is 0. The quantitative estimate of drug-likeness (QED) is 0.453. The molecule has 0 spiro atoms. The monoisotopic (exact) mass is 240 g/mol. The summed E-state index contributed by atoms with van der Waals surface area (Å²) in [7, 11) is -4.67. The first kappa shape index (κ1) is 15.7. The van der Waals surface area contributed by atoms with Gasteiger partial charge in [0.15, 0.2) is 0 Å². The summed E-state index contributed by atoms with van der Waals surface area (Å²) < 4.78 is 31.6. The predicted octanol–water partition coefficient (Wildman–Crippen LogP) is -0.233. The van der Waals surface area contributed by atoms with E-state index in [4.69, 9.17) is 17.5 Å². The van der Waals surface area contributed by atoms with Crippen LogP contribution < -0.4 is 0 Å². The number of hydrogen-bond acceptors (Lipinski definition) is 2. The van der Waals surface area contributed by atoms with Gasteiger partial charge in [-0.15, -0.1) is 12.4 Å². The maximum Gasteiger partial charge on any atom is 0.394 e. The minimum atomic E-state index is -4.67. The molecule has 0 bridgehead atoms. The predicted molar refractivity (Wildman–Crippen MR) is 21.4 cm³/mol. The first-order valence-electron chi connectivity index (χ1n) is 0.698. The van der Waals surface area contributed by atoms with E-state index in [0.29, 0.717) is 0 Å². The largest absolute Gasteiger partial charge is 0.394 e. The van der Waals surface area contributed by atoms with Gasteiger partial charge in [-0.05, 0) is 0 Å². The average Bonchev–Trinajstić information content (AvgIpc) is 0.722. The summed E-state index contributed by atoms with van der Waals surface area (Å²) in [5, 5.41) is 0. The van der Waals surface area contributed by atoms with Crippen LogP contribution in [0, 0.1) is 0 Å². The summed E-state index contributed by atoms with van der Waals surface area (Å²) in [5.74, 6) is 0. The maximum atomic E-state index is 8.74. The van der Waals surface area contributed by atoms with E-state index in [-0.39, 0.29) is 32.8 Å². The van der Waals surface area contributed by atoms with E-state index in [1.54, 1.807) is 0 Å². The fraction of sp³-hybridized carbons (Fsp3) is 0. The van der Waals surface area contributed by atoms with E-state index >= 15 is 0 Å². The molecule has 2 N–H and O–H groups in total. The van der Waals surface area contributed by atoms with Crippen molar-refractivity contribution in [3.63, 3.8) is 0 Å². The molecule has 0 aliphatic rings. The van der Waals surface area contributed by atoms with Crippen LogP contribution >= 0.6 is 12.4 Å². The Morgan fingerprint density at radius 1 is 1.14 bits per heavy atom. The Labute approximate surface area is 60.9 Å². The third kappa shape index (κ3) is 235. The molecule has 0 radical (unpaired) electrons. The fourth-order valence-electron chi connectivity index (χ4n) is 0. The van der Waals surface area contributed by atoms with E-state index in [2.05, 4.69) is 0 Å². The molecule has 50 valence electrons. The fourth-order valence-corrected chi connectivity index (χ4v) is 0. The summed E-state index contributed by atoms with van der Waals surface area (Å²) in [4.78, 5) is 0. The zero-order valence-electron chi connectivity index (χ0n) is 2.84. The zero-order valence-corrected chi connectivity index (χ0v) is 6.03. The van der Waals surface area contributed by atoms with Gasteiger partial charge in [0.05, 0.1) is 0 Å². The van der Waals surface area contributed by atoms with Crippen LogP contribution in [0.25, 0.3) is 0 Å². The molecule has 0 aliphatic heterocycles. The second kappa shape index (κ2) is 4.97. The molecular weight excluding hydrogens is 238 g/mol. The maximum absolute atomic E-state index is 8.74. The standard InChI is InChI=1S/ClH.H2O4S.Pd/c;1-5(2,3)4;/h1H;(H2,1,2,3,4);. The Morgan fingerprint density at radius 2 is 1.14 bits per heavy atom. The molecule has 0 atom stereocenters. The summed E-state index contributed by atoms with van der Waals surface area (Å²) in [6.07, 6.45) is 0. The molecule has 4 nitrogen and oxygen atoms in total. The molecule has 0 amide bonds. The second-order valence-electron chi connectivity index (χ2n) is 0.448. The molecule has 0 unspecified atom stereocenters. The van der Waals surface area contributed by atoms with Crippen molar-refractivity contribution in [3.8, 4) is 0 Å². The second-order valence-corrected chi connectivity index (χ2v) is 1.34. The molecule has 0 heterocycles. The summed E-state index contributed by atoms with van der Waals surface area (Å²) in [5.41, 5.74) is 0. The van der Waals surface area contributed by atoms with Crippen LogP contribution in [-0.2, 0) is 30.8 Å². The molecular formula is H3ClO4PdS. The van der Waals surface area contributed by atoms with Crippen LogP contribution in [0.5, 0.6) is 0 Å². The Morgan fingerprint density at radius 3 is 1.14 bits per heavy atom. The average molecular weight is 241 g/mol. The van der Waals surface area contributed by atoms with Gasteiger partial charge >= 0.3 is 10.4 Å². The third-order valence-corrected chi connectivity index (χ3v) is 0. The van der Waals surface area contributed by atoms with Gasteiger partial charge in [-0.25, -0.2) is 0 Å². The normalized spacial score (nSPS) is 8.29. The van der Waals surface area contributed by atoms with Gasteiger partial charge in [-0.2, -0.15) is 8.42 Å². The van der Waals surface area contributed by atoms with Crippen molar-refractivity contribution in [2.45, 2.75) is 0 Å². The molecule has 0 saturated carbocycles. The first-order valence-corrected chi connectivity index (χ1v) is 2.10. The van der Waals surface area contributed by atoms with Crippen molar-refractivity contribution in [3.05, 3.63) is 0 Å². The van der Waals surface area contributed by atoms with Gasteiger partial charge in [-0.1, -0.05) is 0 Å². The Hall–Kier alpha value is 0.822. The topological polar surface area (TPSA) is 74.6 Å². The van der Waals surface area contributed by atoms with E-state index in [9.17, 15) is 0 Å². The van der Waals surface area contributed by atoms with Crippen LogP contribution in [0.4, 0.5) is 0 Å². The molecule has 0 rings (SSSR count). The smallest absolute Gasteiger partial charge is 0.264 e. The van der Waals surface area contributed by atoms with Gasteiger partial charge in [0.1, 0.15) is 0 Å². The van der Waals surface area contributed by atoms with Crippen molar-refractivity contribution >= 4 is 22.8 Å². The van der Waals surface area contributed by atoms with Crippen molar-refractivity contribution in [2.24, 2.45) is 0 Å². The minimum Gasteiger partial charge on any atom is -0.264 e. The number of halogens is 1. The molecule has 0 saturated heterocycles. The van der Waals surface area contributed by atoms with Gasteiger partial charge in [-0.3, -0.25) is 9.11 Å². The van der Waals surface area contributed by atoms with Crippen LogP contribution in [-0.4, -0.2) is 17.5 Å². The van der Waals surface area contributed by atoms with Gasteiger partial charge in [0.2, 0.25) is 0 Å². The Kier molecular flexibility index (Phi) is 11.1. The van der Waals surface area contributed by atoms with E-state index < -0.39 is 10.4 Å². The van der Waals surface area contributed by atoms with E-state index in [1.165, 1.54) is 0 Å². The Balaban J connectivity index is -0.0000000800. The molecule has 0 aliphatic carbocycles. The molecule has 0 aromatic rings. The third-order valence-electron chi connectivity index (χ3n) is 0. The zero-order chi connectivity index (χ0) is 4.50. The molecule has 0 fully saturated rings. The van der Waals surface area contributed by atoms with Crippen molar-refractivity contribution in [1.29, 1.82) is 0 Å². The molecule has 7 heteroatoms. The Bertz CT molecular complexity index is 94.9. The van der Waals surface area contributed by atoms with Crippen molar-refractivity contribution < 1.29 is 37.9 Å². The molecule has 0 aromatic carbocycles. The van der Waals surface area contributed by atoms with Crippen LogP contribution in [0.3, 0.4) is 0 Å². The van der Waals surface area contributed by atoms with E-state index in [1.807, 2.05) is 0 Å². The molecule has 0 aromatic heterocycles. The van der Waals surface area contributed by atoms with Crippen LogP contribution in [0.1, 0.15) is 0 Å². The summed E-state index contributed by atoms with van der Waals surface area (Å²) >= 11 is 0. The minimum absolute atomic E-state index is 0. The van der Waals surface area contributed by atoms with Crippen LogP contribution in [0.15, 0.2) is 0 Å². The number of rotatable bonds is 0. The number of hydrogen-bond donors (Lipinski definition) is 2. The van der Waals surface area contributed by atoms with Crippen molar-refractivity contribution in [1.82, 2.24) is 0 Å². The van der Waals surface area contributed by atoms with Crippen molar-refractivity contribution in [2.75, 3.05) is 0 Å². The summed E-state index contributed by atoms with van der Waals surface area (Å²) in [6, 6.07) is 0. The molecule has 7 heavy (non-hydrogen) atoms. The first-order chi connectivity index (χ1) is 2.00.